The fraction of sp³-hybridized carbons (Fsp3) is 0.444. The first-order valence-corrected chi connectivity index (χ1v) is 15.2. The number of pyridine rings is 1. The van der Waals surface area contributed by atoms with Crippen LogP contribution >= 0.6 is 0 Å². The zero-order chi connectivity index (χ0) is 28.4. The topological polar surface area (TPSA) is 132 Å². The van der Waals surface area contributed by atoms with Crippen LogP contribution in [0.15, 0.2) is 36.4 Å². The molecule has 1 saturated carbocycles. The van der Waals surface area contributed by atoms with Gasteiger partial charge in [-0.05, 0) is 56.4 Å². The van der Waals surface area contributed by atoms with Crippen molar-refractivity contribution in [1.82, 2.24) is 24.8 Å². The molecular weight excluding hydrogens is 540 g/mol. The molecule has 0 spiro atoms. The van der Waals surface area contributed by atoms with E-state index in [1.807, 2.05) is 13.0 Å². The minimum atomic E-state index is -3.29. The summed E-state index contributed by atoms with van der Waals surface area (Å²) < 4.78 is 53.6. The number of anilines is 3. The number of hydrogen-bond acceptors (Lipinski definition) is 7. The summed E-state index contributed by atoms with van der Waals surface area (Å²) in [6, 6.07) is 8.90. The number of piperidine rings is 1. The van der Waals surface area contributed by atoms with Gasteiger partial charge in [-0.1, -0.05) is 12.1 Å². The van der Waals surface area contributed by atoms with E-state index >= 15 is 4.39 Å². The second-order valence-corrected chi connectivity index (χ2v) is 12.5. The van der Waals surface area contributed by atoms with Crippen LogP contribution in [-0.4, -0.2) is 53.2 Å². The molecule has 214 valence electrons. The highest BCUT2D eigenvalue weighted by atomic mass is 32.2. The Hall–Kier alpha value is -3.58. The van der Waals surface area contributed by atoms with Crippen LogP contribution in [0.3, 0.4) is 0 Å². The van der Waals surface area contributed by atoms with E-state index in [2.05, 4.69) is 31.1 Å². The van der Waals surface area contributed by atoms with Crippen molar-refractivity contribution in [3.05, 3.63) is 64.9 Å². The number of benzene rings is 1. The summed E-state index contributed by atoms with van der Waals surface area (Å²) in [5.41, 5.74) is 2.23. The molecule has 4 N–H and O–H groups in total. The Balaban J connectivity index is 1.32. The van der Waals surface area contributed by atoms with E-state index in [1.54, 1.807) is 12.1 Å². The van der Waals surface area contributed by atoms with Gasteiger partial charge in [0.1, 0.15) is 11.6 Å². The van der Waals surface area contributed by atoms with Crippen molar-refractivity contribution in [2.24, 2.45) is 5.92 Å². The van der Waals surface area contributed by atoms with Crippen LogP contribution in [0.2, 0.25) is 0 Å². The third kappa shape index (κ3) is 6.76. The molecule has 2 aromatic heterocycles. The van der Waals surface area contributed by atoms with Crippen LogP contribution in [0.5, 0.6) is 0 Å². The number of amides is 1. The molecule has 40 heavy (non-hydrogen) atoms. The number of aromatic amines is 1. The summed E-state index contributed by atoms with van der Waals surface area (Å²) in [5, 5.41) is 16.3. The molecule has 5 rings (SSSR count). The van der Waals surface area contributed by atoms with Gasteiger partial charge in [0.05, 0.1) is 6.26 Å². The first-order chi connectivity index (χ1) is 19.1. The summed E-state index contributed by atoms with van der Waals surface area (Å²) >= 11 is 0. The quantitative estimate of drug-likeness (QED) is 0.286. The fourth-order valence-corrected chi connectivity index (χ4v) is 5.69. The van der Waals surface area contributed by atoms with Gasteiger partial charge < -0.3 is 16.0 Å². The minimum Gasteiger partial charge on any atom is -0.363 e. The highest BCUT2D eigenvalue weighted by Gasteiger charge is 2.29. The van der Waals surface area contributed by atoms with E-state index in [0.29, 0.717) is 36.0 Å². The number of carbonyl (C=O) groups excluding carboxylic acids is 1. The first kappa shape index (κ1) is 28.0. The molecule has 1 aromatic carbocycles. The number of rotatable bonds is 10. The van der Waals surface area contributed by atoms with Crippen LogP contribution in [0, 0.1) is 17.6 Å². The standard InChI is InChI=1S/C27H33F2N7O3S/c1-16(17-5-7-21(28)8-6-17)31-25-20(15-30-27(37)19-9-11-36(12-10-19)40(2,38)39)13-22(29)26(33-25)32-24-14-23(34-35-24)18-3-4-18/h5-8,13-14,16,18-19H,3-4,9-12,15H2,1-2H3,(H,30,37)(H3,31,32,33,34,35)/t16-/m0/s1. The molecule has 1 aliphatic carbocycles. The van der Waals surface area contributed by atoms with Crippen molar-refractivity contribution in [2.75, 3.05) is 30.0 Å². The number of hydrogen-bond donors (Lipinski definition) is 4. The zero-order valence-corrected chi connectivity index (χ0v) is 23.2. The second-order valence-electron chi connectivity index (χ2n) is 10.5. The predicted molar refractivity (Wildman–Crippen MR) is 147 cm³/mol. The maximum absolute atomic E-state index is 15.2. The Kier molecular flexibility index (Phi) is 8.04. The summed E-state index contributed by atoms with van der Waals surface area (Å²) in [7, 11) is -3.29. The van der Waals surface area contributed by atoms with E-state index in [9.17, 15) is 17.6 Å². The summed E-state index contributed by atoms with van der Waals surface area (Å²) in [5.74, 6) is -0.285. The van der Waals surface area contributed by atoms with E-state index in [-0.39, 0.29) is 49.1 Å². The van der Waals surface area contributed by atoms with Gasteiger partial charge >= 0.3 is 0 Å². The molecule has 0 bridgehead atoms. The molecule has 3 heterocycles. The molecule has 3 aromatic rings. The number of nitrogens with one attached hydrogen (secondary N) is 4. The zero-order valence-electron chi connectivity index (χ0n) is 22.4. The lowest BCUT2D eigenvalue weighted by molar-refractivity contribution is -0.126. The van der Waals surface area contributed by atoms with Crippen LogP contribution < -0.4 is 16.0 Å². The minimum absolute atomic E-state index is 0.0159. The van der Waals surface area contributed by atoms with Gasteiger partial charge in [-0.25, -0.2) is 26.5 Å². The third-order valence-corrected chi connectivity index (χ3v) is 8.69. The third-order valence-electron chi connectivity index (χ3n) is 7.39. The smallest absolute Gasteiger partial charge is 0.223 e. The van der Waals surface area contributed by atoms with Crippen LogP contribution in [0.4, 0.5) is 26.2 Å². The average molecular weight is 574 g/mol. The van der Waals surface area contributed by atoms with Crippen molar-refractivity contribution in [2.45, 2.75) is 51.1 Å². The van der Waals surface area contributed by atoms with E-state index in [1.165, 1.54) is 22.5 Å². The molecule has 13 heteroatoms. The highest BCUT2D eigenvalue weighted by molar-refractivity contribution is 7.88. The molecule has 2 aliphatic rings. The maximum Gasteiger partial charge on any atom is 0.223 e. The Morgan fingerprint density at radius 1 is 1.10 bits per heavy atom. The Labute approximate surface area is 232 Å². The van der Waals surface area contributed by atoms with E-state index in [0.717, 1.165) is 30.4 Å². The van der Waals surface area contributed by atoms with Crippen molar-refractivity contribution < 1.29 is 22.0 Å². The number of sulfonamides is 1. The maximum atomic E-state index is 15.2. The van der Waals surface area contributed by atoms with Crippen molar-refractivity contribution in [1.29, 1.82) is 0 Å². The SMILES string of the molecule is C[C@H](Nc1nc(Nc2cc(C3CC3)[nH]n2)c(F)cc1CNC(=O)C1CCN(S(C)(=O)=O)CC1)c1ccc(F)cc1. The van der Waals surface area contributed by atoms with Gasteiger partial charge in [0.2, 0.25) is 15.9 Å². The molecule has 1 aliphatic heterocycles. The molecule has 1 atom stereocenters. The van der Waals surface area contributed by atoms with Crippen molar-refractivity contribution >= 4 is 33.4 Å². The lowest BCUT2D eigenvalue weighted by atomic mass is 9.97. The Morgan fingerprint density at radius 2 is 1.80 bits per heavy atom. The molecule has 10 nitrogen and oxygen atoms in total. The number of carbonyl (C=O) groups is 1. The first-order valence-electron chi connectivity index (χ1n) is 13.3. The molecule has 2 fully saturated rings. The van der Waals surface area contributed by atoms with Gasteiger partial charge in [-0.3, -0.25) is 9.89 Å². The van der Waals surface area contributed by atoms with E-state index in [4.69, 9.17) is 0 Å². The monoisotopic (exact) mass is 573 g/mol. The van der Waals surface area contributed by atoms with Crippen LogP contribution in [-0.2, 0) is 21.4 Å². The molecular formula is C27H33F2N7O3S. The van der Waals surface area contributed by atoms with Crippen LogP contribution in [0.25, 0.3) is 0 Å². The van der Waals surface area contributed by atoms with Crippen molar-refractivity contribution in [3.63, 3.8) is 0 Å². The van der Waals surface area contributed by atoms with Gasteiger partial charge in [-0.15, -0.1) is 0 Å². The number of nitrogens with zero attached hydrogens (tertiary/aromatic N) is 3. The Morgan fingerprint density at radius 3 is 2.45 bits per heavy atom. The van der Waals surface area contributed by atoms with Crippen LogP contribution in [0.1, 0.15) is 61.4 Å². The lowest BCUT2D eigenvalue weighted by Crippen LogP contribution is -2.42. The summed E-state index contributed by atoms with van der Waals surface area (Å²) in [6.07, 6.45) is 4.18. The average Bonchev–Trinajstić information content (AvgIpc) is 3.67. The highest BCUT2D eigenvalue weighted by Crippen LogP contribution is 2.39. The Bertz CT molecular complexity index is 1470. The normalized spacial score (nSPS) is 17.4. The fourth-order valence-electron chi connectivity index (χ4n) is 4.82. The lowest BCUT2D eigenvalue weighted by Gasteiger charge is -2.29. The molecule has 1 amide bonds. The van der Waals surface area contributed by atoms with Gasteiger partial charge in [0.25, 0.3) is 0 Å². The summed E-state index contributed by atoms with van der Waals surface area (Å²) in [4.78, 5) is 17.4. The predicted octanol–water partition coefficient (Wildman–Crippen LogP) is 4.16. The van der Waals surface area contributed by atoms with Gasteiger partial charge in [-0.2, -0.15) is 5.10 Å². The van der Waals surface area contributed by atoms with Crippen molar-refractivity contribution in [3.8, 4) is 0 Å². The van der Waals surface area contributed by atoms with E-state index < -0.39 is 15.8 Å². The summed E-state index contributed by atoms with van der Waals surface area (Å²) in [6.45, 7) is 2.46. The molecule has 0 unspecified atom stereocenters. The number of H-pyrrole nitrogens is 1. The molecule has 0 radical (unpaired) electrons. The molecule has 1 saturated heterocycles. The van der Waals surface area contributed by atoms with Gasteiger partial charge in [0, 0.05) is 54.8 Å². The largest absolute Gasteiger partial charge is 0.363 e. The second kappa shape index (κ2) is 11.5. The number of halogens is 2. The number of aromatic nitrogens is 3. The van der Waals surface area contributed by atoms with Gasteiger partial charge in [0.15, 0.2) is 17.5 Å².